The van der Waals surface area contributed by atoms with E-state index in [0.717, 1.165) is 45.2 Å². The molecule has 3 aliphatic rings. The monoisotopic (exact) mass is 336 g/mol. The number of likely N-dealkylation sites (tertiary alicyclic amines) is 2. The van der Waals surface area contributed by atoms with Crippen molar-refractivity contribution in [2.45, 2.75) is 57.8 Å². The molecule has 2 amide bonds. The van der Waals surface area contributed by atoms with Crippen LogP contribution in [-0.2, 0) is 14.4 Å². The van der Waals surface area contributed by atoms with Crippen molar-refractivity contribution in [2.75, 3.05) is 26.2 Å². The number of hydrogen-bond donors (Lipinski definition) is 1. The third-order valence-electron chi connectivity index (χ3n) is 6.14. The van der Waals surface area contributed by atoms with Crippen molar-refractivity contribution in [1.82, 2.24) is 9.80 Å². The Bertz CT molecular complexity index is 501. The predicted octanol–water partition coefficient (Wildman–Crippen LogP) is 1.88. The van der Waals surface area contributed by atoms with Crippen LogP contribution in [0.15, 0.2) is 0 Å². The van der Waals surface area contributed by atoms with Crippen molar-refractivity contribution in [1.29, 1.82) is 0 Å². The molecule has 0 radical (unpaired) electrons. The first-order chi connectivity index (χ1) is 11.5. The van der Waals surface area contributed by atoms with Gasteiger partial charge in [0, 0.05) is 39.0 Å². The maximum absolute atomic E-state index is 12.4. The number of carbonyl (C=O) groups excluding carboxylic acids is 2. The number of piperidine rings is 1. The molecule has 2 saturated heterocycles. The Morgan fingerprint density at radius 1 is 0.875 bits per heavy atom. The van der Waals surface area contributed by atoms with Gasteiger partial charge in [0.05, 0.1) is 5.41 Å². The third-order valence-corrected chi connectivity index (χ3v) is 6.14. The Kier molecular flexibility index (Phi) is 5.11. The molecule has 2 heterocycles. The lowest BCUT2D eigenvalue weighted by molar-refractivity contribution is -0.160. The molecule has 0 aromatic heterocycles. The van der Waals surface area contributed by atoms with E-state index in [4.69, 9.17) is 0 Å². The second-order valence-electron chi connectivity index (χ2n) is 7.73. The predicted molar refractivity (Wildman–Crippen MR) is 88.3 cm³/mol. The van der Waals surface area contributed by atoms with Gasteiger partial charge in [-0.3, -0.25) is 14.4 Å². The van der Waals surface area contributed by atoms with Gasteiger partial charge in [0.2, 0.25) is 11.8 Å². The largest absolute Gasteiger partial charge is 0.481 e. The highest BCUT2D eigenvalue weighted by Crippen LogP contribution is 2.44. The van der Waals surface area contributed by atoms with Crippen LogP contribution in [0.3, 0.4) is 0 Å². The highest BCUT2D eigenvalue weighted by atomic mass is 16.4. The Hall–Kier alpha value is -1.59. The van der Waals surface area contributed by atoms with E-state index in [9.17, 15) is 19.5 Å². The number of hydrogen-bond acceptors (Lipinski definition) is 3. The second kappa shape index (κ2) is 7.11. The topological polar surface area (TPSA) is 77.9 Å². The van der Waals surface area contributed by atoms with Crippen LogP contribution >= 0.6 is 0 Å². The third kappa shape index (κ3) is 3.57. The van der Waals surface area contributed by atoms with Crippen molar-refractivity contribution >= 4 is 17.8 Å². The Morgan fingerprint density at radius 3 is 1.96 bits per heavy atom. The molecule has 2 aliphatic heterocycles. The van der Waals surface area contributed by atoms with E-state index in [1.165, 1.54) is 0 Å². The minimum absolute atomic E-state index is 0.0265. The van der Waals surface area contributed by atoms with Gasteiger partial charge in [-0.15, -0.1) is 0 Å². The Labute approximate surface area is 143 Å². The van der Waals surface area contributed by atoms with Crippen LogP contribution in [0.5, 0.6) is 0 Å². The van der Waals surface area contributed by atoms with E-state index >= 15 is 0 Å². The number of aliphatic carboxylic acids is 1. The molecule has 0 spiro atoms. The van der Waals surface area contributed by atoms with E-state index in [0.29, 0.717) is 38.3 Å². The summed E-state index contributed by atoms with van der Waals surface area (Å²) in [6, 6.07) is 0. The van der Waals surface area contributed by atoms with Crippen molar-refractivity contribution in [3.8, 4) is 0 Å². The van der Waals surface area contributed by atoms with Gasteiger partial charge in [-0.25, -0.2) is 0 Å². The first-order valence-electron chi connectivity index (χ1n) is 9.29. The molecule has 6 heteroatoms. The first kappa shape index (κ1) is 17.2. The highest BCUT2D eigenvalue weighted by molar-refractivity contribution is 5.85. The smallest absolute Gasteiger partial charge is 0.310 e. The van der Waals surface area contributed by atoms with E-state index in [1.807, 2.05) is 4.90 Å². The van der Waals surface area contributed by atoms with Crippen LogP contribution in [0.1, 0.15) is 57.8 Å². The minimum atomic E-state index is -0.826. The number of carbonyl (C=O) groups is 3. The molecule has 24 heavy (non-hydrogen) atoms. The average Bonchev–Trinajstić information content (AvgIpc) is 3.05. The summed E-state index contributed by atoms with van der Waals surface area (Å²) in [7, 11) is 0. The molecular weight excluding hydrogens is 308 g/mol. The fourth-order valence-electron chi connectivity index (χ4n) is 4.20. The summed E-state index contributed by atoms with van der Waals surface area (Å²) >= 11 is 0. The molecule has 134 valence electrons. The lowest BCUT2D eigenvalue weighted by Gasteiger charge is -2.40. The zero-order valence-corrected chi connectivity index (χ0v) is 14.3. The van der Waals surface area contributed by atoms with Crippen molar-refractivity contribution in [2.24, 2.45) is 11.3 Å². The first-order valence-corrected chi connectivity index (χ1v) is 9.29. The number of amides is 2. The van der Waals surface area contributed by atoms with Crippen LogP contribution in [0.25, 0.3) is 0 Å². The lowest BCUT2D eigenvalue weighted by Crippen LogP contribution is -2.46. The summed E-state index contributed by atoms with van der Waals surface area (Å²) in [6.07, 6.45) is 6.82. The summed E-state index contributed by atoms with van der Waals surface area (Å²) in [5.41, 5.74) is -0.806. The van der Waals surface area contributed by atoms with Crippen LogP contribution < -0.4 is 0 Å². The molecule has 1 N–H and O–H groups in total. The molecule has 1 aliphatic carbocycles. The van der Waals surface area contributed by atoms with Gasteiger partial charge in [0.15, 0.2) is 0 Å². The summed E-state index contributed by atoms with van der Waals surface area (Å²) in [5.74, 6) is -0.231. The maximum atomic E-state index is 12.4. The van der Waals surface area contributed by atoms with E-state index in [-0.39, 0.29) is 18.2 Å². The van der Waals surface area contributed by atoms with Crippen LogP contribution in [0.2, 0.25) is 0 Å². The van der Waals surface area contributed by atoms with Crippen LogP contribution in [-0.4, -0.2) is 58.9 Å². The number of nitrogens with zero attached hydrogens (tertiary/aromatic N) is 2. The molecule has 0 aromatic carbocycles. The maximum Gasteiger partial charge on any atom is 0.310 e. The summed E-state index contributed by atoms with van der Waals surface area (Å²) in [5, 5.41) is 9.36. The molecule has 0 bridgehead atoms. The van der Waals surface area contributed by atoms with Crippen molar-refractivity contribution in [3.63, 3.8) is 0 Å². The average molecular weight is 336 g/mol. The normalized spacial score (nSPS) is 23.8. The van der Waals surface area contributed by atoms with Gasteiger partial charge in [-0.05, 0) is 44.4 Å². The zero-order valence-electron chi connectivity index (χ0n) is 14.3. The standard InChI is InChI=1S/C18H28N2O4/c21-15(19-8-1-2-9-19)12-14-4-10-20(11-5-14)16(22)13-18(17(23)24)6-3-7-18/h14H,1-13H2,(H,23,24). The van der Waals surface area contributed by atoms with Gasteiger partial charge < -0.3 is 14.9 Å². The lowest BCUT2D eigenvalue weighted by atomic mass is 9.66. The van der Waals surface area contributed by atoms with Gasteiger partial charge in [0.1, 0.15) is 0 Å². The zero-order chi connectivity index (χ0) is 17.2. The second-order valence-corrected chi connectivity index (χ2v) is 7.73. The molecule has 0 unspecified atom stereocenters. The summed E-state index contributed by atoms with van der Waals surface area (Å²) in [4.78, 5) is 39.8. The molecular formula is C18H28N2O4. The van der Waals surface area contributed by atoms with Gasteiger partial charge >= 0.3 is 5.97 Å². The van der Waals surface area contributed by atoms with Gasteiger partial charge in [0.25, 0.3) is 0 Å². The van der Waals surface area contributed by atoms with E-state index < -0.39 is 11.4 Å². The molecule has 0 atom stereocenters. The molecule has 3 fully saturated rings. The number of carboxylic acids is 1. The van der Waals surface area contributed by atoms with Gasteiger partial charge in [-0.2, -0.15) is 0 Å². The van der Waals surface area contributed by atoms with Gasteiger partial charge in [-0.1, -0.05) is 6.42 Å². The molecule has 3 rings (SSSR count). The SMILES string of the molecule is O=C(CC1CCN(C(=O)CC2(C(=O)O)CCC2)CC1)N1CCCC1. The van der Waals surface area contributed by atoms with Crippen molar-refractivity contribution < 1.29 is 19.5 Å². The van der Waals surface area contributed by atoms with Crippen molar-refractivity contribution in [3.05, 3.63) is 0 Å². The highest BCUT2D eigenvalue weighted by Gasteiger charge is 2.46. The van der Waals surface area contributed by atoms with E-state index in [2.05, 4.69) is 0 Å². The fraction of sp³-hybridized carbons (Fsp3) is 0.833. The number of rotatable bonds is 5. The van der Waals surface area contributed by atoms with E-state index in [1.54, 1.807) is 4.90 Å². The molecule has 0 aromatic rings. The Morgan fingerprint density at radius 2 is 1.46 bits per heavy atom. The molecule has 6 nitrogen and oxygen atoms in total. The quantitative estimate of drug-likeness (QED) is 0.831. The minimum Gasteiger partial charge on any atom is -0.481 e. The van der Waals surface area contributed by atoms with Crippen LogP contribution in [0.4, 0.5) is 0 Å². The van der Waals surface area contributed by atoms with Crippen LogP contribution in [0, 0.1) is 11.3 Å². The molecule has 1 saturated carbocycles. The number of carboxylic acid groups (broad SMARTS) is 1. The fourth-order valence-corrected chi connectivity index (χ4v) is 4.20. The summed E-state index contributed by atoms with van der Waals surface area (Å²) < 4.78 is 0. The summed E-state index contributed by atoms with van der Waals surface area (Å²) in [6.45, 7) is 3.11. The Balaban J connectivity index is 1.43.